The van der Waals surface area contributed by atoms with Crippen LogP contribution in [0.4, 0.5) is 0 Å². The zero-order chi connectivity index (χ0) is 14.5. The van der Waals surface area contributed by atoms with E-state index in [1.54, 1.807) is 7.11 Å². The highest BCUT2D eigenvalue weighted by Crippen LogP contribution is 2.27. The Bertz CT molecular complexity index is 599. The smallest absolute Gasteiger partial charge is 0.134 e. The first-order chi connectivity index (χ1) is 9.63. The highest BCUT2D eigenvalue weighted by molar-refractivity contribution is 9.10. The standard InChI is InChI=1S/C16H18BrNO2/c1-11-3-5-16(14(17)7-11)20-10-12-4-6-15(19-2)13(8-12)9-18/h3-8H,9-10,18H2,1-2H3. The van der Waals surface area contributed by atoms with Crippen LogP contribution in [0.2, 0.25) is 0 Å². The van der Waals surface area contributed by atoms with Gasteiger partial charge in [-0.1, -0.05) is 12.1 Å². The monoisotopic (exact) mass is 335 g/mol. The van der Waals surface area contributed by atoms with E-state index in [2.05, 4.69) is 15.9 Å². The number of hydrogen-bond acceptors (Lipinski definition) is 3. The first kappa shape index (κ1) is 14.9. The molecule has 0 unspecified atom stereocenters. The predicted octanol–water partition coefficient (Wildman–Crippen LogP) is 3.80. The molecule has 0 aliphatic rings. The number of benzene rings is 2. The Morgan fingerprint density at radius 2 is 1.85 bits per heavy atom. The van der Waals surface area contributed by atoms with Crippen LogP contribution in [-0.2, 0) is 13.2 Å². The van der Waals surface area contributed by atoms with Gasteiger partial charge in [-0.3, -0.25) is 0 Å². The van der Waals surface area contributed by atoms with Gasteiger partial charge >= 0.3 is 0 Å². The van der Waals surface area contributed by atoms with Crippen LogP contribution in [0.25, 0.3) is 0 Å². The summed E-state index contributed by atoms with van der Waals surface area (Å²) in [6, 6.07) is 12.0. The molecule has 0 amide bonds. The molecule has 2 N–H and O–H groups in total. The molecule has 2 aromatic carbocycles. The van der Waals surface area contributed by atoms with E-state index < -0.39 is 0 Å². The minimum Gasteiger partial charge on any atom is -0.496 e. The van der Waals surface area contributed by atoms with Gasteiger partial charge < -0.3 is 15.2 Å². The molecule has 0 heterocycles. The normalized spacial score (nSPS) is 10.4. The van der Waals surface area contributed by atoms with Gasteiger partial charge in [0.1, 0.15) is 18.1 Å². The molecule has 2 aromatic rings. The molecule has 0 atom stereocenters. The van der Waals surface area contributed by atoms with Crippen LogP contribution in [0.3, 0.4) is 0 Å². The largest absolute Gasteiger partial charge is 0.496 e. The van der Waals surface area contributed by atoms with Crippen molar-refractivity contribution in [3.8, 4) is 11.5 Å². The van der Waals surface area contributed by atoms with E-state index in [1.807, 2.05) is 43.3 Å². The van der Waals surface area contributed by atoms with Gasteiger partial charge in [0, 0.05) is 12.1 Å². The first-order valence-corrected chi connectivity index (χ1v) is 7.18. The number of hydrogen-bond donors (Lipinski definition) is 1. The van der Waals surface area contributed by atoms with Crippen molar-refractivity contribution in [3.63, 3.8) is 0 Å². The van der Waals surface area contributed by atoms with Crippen molar-refractivity contribution in [2.75, 3.05) is 7.11 Å². The van der Waals surface area contributed by atoms with E-state index in [0.717, 1.165) is 27.1 Å². The Morgan fingerprint density at radius 3 is 2.50 bits per heavy atom. The topological polar surface area (TPSA) is 44.5 Å². The van der Waals surface area contributed by atoms with Crippen molar-refractivity contribution in [1.29, 1.82) is 0 Å². The summed E-state index contributed by atoms with van der Waals surface area (Å²) in [7, 11) is 1.65. The summed E-state index contributed by atoms with van der Waals surface area (Å²) in [4.78, 5) is 0. The second-order valence-electron chi connectivity index (χ2n) is 4.57. The van der Waals surface area contributed by atoms with Crippen LogP contribution >= 0.6 is 15.9 Å². The third kappa shape index (κ3) is 3.52. The van der Waals surface area contributed by atoms with E-state index in [1.165, 1.54) is 5.56 Å². The van der Waals surface area contributed by atoms with Crippen molar-refractivity contribution >= 4 is 15.9 Å². The predicted molar refractivity (Wildman–Crippen MR) is 84.1 cm³/mol. The molecule has 0 aliphatic heterocycles. The molecule has 0 saturated carbocycles. The van der Waals surface area contributed by atoms with E-state index in [9.17, 15) is 0 Å². The van der Waals surface area contributed by atoms with Gasteiger partial charge in [-0.25, -0.2) is 0 Å². The molecule has 4 heteroatoms. The first-order valence-electron chi connectivity index (χ1n) is 6.39. The third-order valence-electron chi connectivity index (χ3n) is 3.05. The maximum absolute atomic E-state index is 5.82. The highest BCUT2D eigenvalue weighted by Gasteiger charge is 2.05. The molecule has 106 valence electrons. The van der Waals surface area contributed by atoms with Crippen LogP contribution in [0.5, 0.6) is 11.5 Å². The number of rotatable bonds is 5. The second kappa shape index (κ2) is 6.77. The lowest BCUT2D eigenvalue weighted by molar-refractivity contribution is 0.303. The summed E-state index contributed by atoms with van der Waals surface area (Å²) in [6.45, 7) is 3.00. The minimum absolute atomic E-state index is 0.450. The molecular formula is C16H18BrNO2. The van der Waals surface area contributed by atoms with E-state index in [-0.39, 0.29) is 0 Å². The van der Waals surface area contributed by atoms with Crippen molar-refractivity contribution in [1.82, 2.24) is 0 Å². The summed E-state index contributed by atoms with van der Waals surface area (Å²) in [5.74, 6) is 1.65. The quantitative estimate of drug-likeness (QED) is 0.903. The van der Waals surface area contributed by atoms with Crippen LogP contribution < -0.4 is 15.2 Å². The summed E-state index contributed by atoms with van der Waals surface area (Å²) >= 11 is 3.51. The number of halogens is 1. The molecule has 0 radical (unpaired) electrons. The summed E-state index contributed by atoms with van der Waals surface area (Å²) < 4.78 is 12.0. The van der Waals surface area contributed by atoms with Gasteiger partial charge in [0.2, 0.25) is 0 Å². The molecular weight excluding hydrogens is 318 g/mol. The van der Waals surface area contributed by atoms with E-state index >= 15 is 0 Å². The van der Waals surface area contributed by atoms with Crippen LogP contribution in [0.1, 0.15) is 16.7 Å². The van der Waals surface area contributed by atoms with Gasteiger partial charge in [0.15, 0.2) is 0 Å². The average Bonchev–Trinajstić information content (AvgIpc) is 2.46. The lowest BCUT2D eigenvalue weighted by Gasteiger charge is -2.11. The number of nitrogens with two attached hydrogens (primary N) is 1. The average molecular weight is 336 g/mol. The SMILES string of the molecule is COc1ccc(COc2ccc(C)cc2Br)cc1CN. The second-order valence-corrected chi connectivity index (χ2v) is 5.43. The fourth-order valence-electron chi connectivity index (χ4n) is 1.97. The lowest BCUT2D eigenvalue weighted by Crippen LogP contribution is -2.03. The van der Waals surface area contributed by atoms with Crippen molar-refractivity contribution in [2.24, 2.45) is 5.73 Å². The summed E-state index contributed by atoms with van der Waals surface area (Å²) in [5, 5.41) is 0. The van der Waals surface area contributed by atoms with Crippen LogP contribution in [0, 0.1) is 6.92 Å². The van der Waals surface area contributed by atoms with Gasteiger partial charge in [-0.05, 0) is 58.2 Å². The van der Waals surface area contributed by atoms with Crippen molar-refractivity contribution in [2.45, 2.75) is 20.1 Å². The molecule has 0 aliphatic carbocycles. The molecule has 0 saturated heterocycles. The molecule has 20 heavy (non-hydrogen) atoms. The number of aryl methyl sites for hydroxylation is 1. The Balaban J connectivity index is 2.10. The fourth-order valence-corrected chi connectivity index (χ4v) is 2.57. The van der Waals surface area contributed by atoms with Crippen molar-refractivity contribution < 1.29 is 9.47 Å². The van der Waals surface area contributed by atoms with Gasteiger partial charge in [-0.15, -0.1) is 0 Å². The molecule has 0 fully saturated rings. The maximum Gasteiger partial charge on any atom is 0.134 e. The van der Waals surface area contributed by atoms with Crippen molar-refractivity contribution in [3.05, 3.63) is 57.6 Å². The Kier molecular flexibility index (Phi) is 5.04. The molecule has 2 rings (SSSR count). The number of methoxy groups -OCH3 is 1. The molecule has 0 aromatic heterocycles. The highest BCUT2D eigenvalue weighted by atomic mass is 79.9. The Morgan fingerprint density at radius 1 is 1.10 bits per heavy atom. The van der Waals surface area contributed by atoms with Crippen LogP contribution in [-0.4, -0.2) is 7.11 Å². The zero-order valence-corrected chi connectivity index (χ0v) is 13.2. The summed E-state index contributed by atoms with van der Waals surface area (Å²) in [6.07, 6.45) is 0. The molecule has 0 bridgehead atoms. The Hall–Kier alpha value is -1.52. The molecule has 0 spiro atoms. The van der Waals surface area contributed by atoms with Gasteiger partial charge in [0.25, 0.3) is 0 Å². The summed E-state index contributed by atoms with van der Waals surface area (Å²) in [5.41, 5.74) is 8.96. The minimum atomic E-state index is 0.450. The third-order valence-corrected chi connectivity index (χ3v) is 3.67. The van der Waals surface area contributed by atoms with Gasteiger partial charge in [0.05, 0.1) is 11.6 Å². The van der Waals surface area contributed by atoms with Crippen LogP contribution in [0.15, 0.2) is 40.9 Å². The Labute approximate surface area is 127 Å². The fraction of sp³-hybridized carbons (Fsp3) is 0.250. The maximum atomic E-state index is 5.82. The van der Waals surface area contributed by atoms with E-state index in [4.69, 9.17) is 15.2 Å². The zero-order valence-electron chi connectivity index (χ0n) is 11.7. The molecule has 3 nitrogen and oxygen atoms in total. The number of ether oxygens (including phenoxy) is 2. The lowest BCUT2D eigenvalue weighted by atomic mass is 10.1. The van der Waals surface area contributed by atoms with Gasteiger partial charge in [-0.2, -0.15) is 0 Å². The van der Waals surface area contributed by atoms with E-state index in [0.29, 0.717) is 13.2 Å².